The summed E-state index contributed by atoms with van der Waals surface area (Å²) in [6, 6.07) is 9.52. The lowest BCUT2D eigenvalue weighted by Crippen LogP contribution is -2.46. The summed E-state index contributed by atoms with van der Waals surface area (Å²) in [6.07, 6.45) is -0.950. The number of fused-ring (bicyclic) bond motifs is 1. The predicted molar refractivity (Wildman–Crippen MR) is 96.5 cm³/mol. The fraction of sp³-hybridized carbons (Fsp3) is 0.158. The molecule has 1 unspecified atom stereocenters. The first kappa shape index (κ1) is 19.0. The van der Waals surface area contributed by atoms with Gasteiger partial charge in [-0.2, -0.15) is 0 Å². The third kappa shape index (κ3) is 3.83. The number of halogens is 1. The minimum absolute atomic E-state index is 0.0122. The van der Waals surface area contributed by atoms with E-state index in [9.17, 15) is 23.6 Å². The van der Waals surface area contributed by atoms with Gasteiger partial charge in [-0.1, -0.05) is 18.2 Å². The normalized spacial score (nSPS) is 13.8. The van der Waals surface area contributed by atoms with Gasteiger partial charge in [-0.25, -0.2) is 9.18 Å². The Morgan fingerprint density at radius 2 is 1.79 bits per heavy atom. The van der Waals surface area contributed by atoms with E-state index < -0.39 is 29.8 Å². The number of hydrogen-bond acceptors (Lipinski definition) is 4. The number of amides is 4. The highest BCUT2D eigenvalue weighted by Gasteiger charge is 2.36. The van der Waals surface area contributed by atoms with Crippen molar-refractivity contribution in [1.29, 1.82) is 0 Å². The van der Waals surface area contributed by atoms with E-state index in [1.54, 1.807) is 12.1 Å². The first-order valence-electron chi connectivity index (χ1n) is 8.34. The van der Waals surface area contributed by atoms with Crippen LogP contribution in [0.5, 0.6) is 0 Å². The first-order chi connectivity index (χ1) is 13.4. The van der Waals surface area contributed by atoms with Crippen molar-refractivity contribution >= 4 is 30.0 Å². The Balaban J connectivity index is 1.79. The van der Waals surface area contributed by atoms with Crippen LogP contribution >= 0.6 is 0 Å². The zero-order valence-corrected chi connectivity index (χ0v) is 14.5. The van der Waals surface area contributed by atoms with Crippen molar-refractivity contribution in [2.75, 3.05) is 11.9 Å². The maximum atomic E-state index is 14.0. The third-order valence-electron chi connectivity index (χ3n) is 4.34. The Morgan fingerprint density at radius 1 is 1.14 bits per heavy atom. The molecule has 0 radical (unpaired) electrons. The summed E-state index contributed by atoms with van der Waals surface area (Å²) >= 11 is 0. The van der Waals surface area contributed by atoms with E-state index in [1.165, 1.54) is 24.3 Å². The monoisotopic (exact) mass is 385 g/mol. The number of nitrogens with one attached hydrogen (secondary N) is 2. The number of hydrogen-bond donors (Lipinski definition) is 3. The number of nitrogens with zero attached hydrogens (tertiary/aromatic N) is 1. The predicted octanol–water partition coefficient (Wildman–Crippen LogP) is 1.87. The summed E-state index contributed by atoms with van der Waals surface area (Å²) in [4.78, 5) is 47.5. The van der Waals surface area contributed by atoms with Gasteiger partial charge in [0.2, 0.25) is 6.41 Å². The van der Waals surface area contributed by atoms with Crippen LogP contribution in [0.15, 0.2) is 42.5 Å². The van der Waals surface area contributed by atoms with Gasteiger partial charge in [-0.15, -0.1) is 0 Å². The van der Waals surface area contributed by atoms with Crippen LogP contribution in [-0.4, -0.2) is 46.9 Å². The third-order valence-corrected chi connectivity index (χ3v) is 4.34. The minimum atomic E-state index is -1.33. The van der Waals surface area contributed by atoms with E-state index in [0.29, 0.717) is 12.0 Å². The number of rotatable bonds is 7. The molecule has 1 aliphatic rings. The van der Waals surface area contributed by atoms with E-state index in [2.05, 4.69) is 10.6 Å². The van der Waals surface area contributed by atoms with Crippen LogP contribution in [0.2, 0.25) is 0 Å². The molecule has 1 aliphatic heterocycles. The van der Waals surface area contributed by atoms with Crippen molar-refractivity contribution in [3.05, 3.63) is 65.0 Å². The fourth-order valence-corrected chi connectivity index (χ4v) is 3.11. The molecule has 3 rings (SSSR count). The van der Waals surface area contributed by atoms with Crippen molar-refractivity contribution in [2.45, 2.75) is 12.5 Å². The molecule has 2 aromatic carbocycles. The minimum Gasteiger partial charge on any atom is -0.465 e. The quantitative estimate of drug-likeness (QED) is 0.497. The second-order valence-electron chi connectivity index (χ2n) is 6.19. The zero-order valence-electron chi connectivity index (χ0n) is 14.5. The number of imide groups is 1. The van der Waals surface area contributed by atoms with Gasteiger partial charge in [0.05, 0.1) is 29.4 Å². The summed E-state index contributed by atoms with van der Waals surface area (Å²) in [6.45, 7) is -0.200. The molecule has 4 amide bonds. The van der Waals surface area contributed by atoms with Gasteiger partial charge in [-0.3, -0.25) is 19.3 Å². The number of benzene rings is 2. The number of carbonyl (C=O) groups is 4. The topological polar surface area (TPSA) is 116 Å². The molecule has 2 aromatic rings. The molecule has 0 saturated heterocycles. The molecule has 0 fully saturated rings. The second kappa shape index (κ2) is 7.87. The average molecular weight is 385 g/mol. The summed E-state index contributed by atoms with van der Waals surface area (Å²) in [5.74, 6) is -1.69. The molecule has 0 aromatic heterocycles. The molecule has 0 spiro atoms. The Labute approximate surface area is 159 Å². The number of carboxylic acid groups (broad SMARTS) is 1. The van der Waals surface area contributed by atoms with E-state index in [0.717, 1.165) is 11.0 Å². The lowest BCUT2D eigenvalue weighted by molar-refractivity contribution is -0.105. The van der Waals surface area contributed by atoms with Crippen LogP contribution in [0.3, 0.4) is 0 Å². The van der Waals surface area contributed by atoms with E-state index in [4.69, 9.17) is 5.11 Å². The molecule has 9 heteroatoms. The van der Waals surface area contributed by atoms with Gasteiger partial charge in [0.1, 0.15) is 5.82 Å². The standard InChI is InChI=1S/C19H16FN3O5/c20-15-8-11(5-6-16(15)21-10-24)7-12(22-19(27)28)9-23-17(25)13-3-1-2-4-14(13)18(23)26/h1-6,8,10,12,22H,7,9H2,(H,21,24)(H,27,28). The van der Waals surface area contributed by atoms with Crippen LogP contribution < -0.4 is 10.6 Å². The molecular formula is C19H16FN3O5. The number of carbonyl (C=O) groups excluding carboxylic acids is 3. The van der Waals surface area contributed by atoms with Crippen molar-refractivity contribution < 1.29 is 28.7 Å². The zero-order chi connectivity index (χ0) is 20.3. The fourth-order valence-electron chi connectivity index (χ4n) is 3.11. The SMILES string of the molecule is O=CNc1ccc(CC(CN2C(=O)c3ccccc3C2=O)NC(=O)O)cc1F. The molecule has 0 bridgehead atoms. The molecule has 0 saturated carbocycles. The molecule has 3 N–H and O–H groups in total. The summed E-state index contributed by atoms with van der Waals surface area (Å²) in [5, 5.41) is 13.6. The van der Waals surface area contributed by atoms with Crippen molar-refractivity contribution in [2.24, 2.45) is 0 Å². The Bertz CT molecular complexity index is 927. The van der Waals surface area contributed by atoms with Gasteiger partial charge in [0.15, 0.2) is 0 Å². The molecule has 8 nitrogen and oxygen atoms in total. The van der Waals surface area contributed by atoms with Crippen molar-refractivity contribution in [3.8, 4) is 0 Å². The lowest BCUT2D eigenvalue weighted by Gasteiger charge is -2.23. The molecule has 28 heavy (non-hydrogen) atoms. The van der Waals surface area contributed by atoms with E-state index in [1.807, 2.05) is 0 Å². The van der Waals surface area contributed by atoms with Crippen molar-refractivity contribution in [1.82, 2.24) is 10.2 Å². The molecular weight excluding hydrogens is 369 g/mol. The van der Waals surface area contributed by atoms with Crippen LogP contribution in [-0.2, 0) is 11.2 Å². The van der Waals surface area contributed by atoms with Gasteiger partial charge in [-0.05, 0) is 36.2 Å². The largest absolute Gasteiger partial charge is 0.465 e. The Morgan fingerprint density at radius 3 is 2.32 bits per heavy atom. The first-order valence-corrected chi connectivity index (χ1v) is 8.34. The van der Waals surface area contributed by atoms with Gasteiger partial charge in [0, 0.05) is 0 Å². The Hall–Kier alpha value is -3.75. The van der Waals surface area contributed by atoms with Gasteiger partial charge < -0.3 is 15.7 Å². The maximum absolute atomic E-state index is 14.0. The highest BCUT2D eigenvalue weighted by molar-refractivity contribution is 6.21. The van der Waals surface area contributed by atoms with Crippen molar-refractivity contribution in [3.63, 3.8) is 0 Å². The van der Waals surface area contributed by atoms with E-state index in [-0.39, 0.29) is 29.8 Å². The molecule has 1 heterocycles. The maximum Gasteiger partial charge on any atom is 0.404 e. The summed E-state index contributed by atoms with van der Waals surface area (Å²) < 4.78 is 14.0. The smallest absolute Gasteiger partial charge is 0.404 e. The summed E-state index contributed by atoms with van der Waals surface area (Å²) in [5.41, 5.74) is 0.944. The average Bonchev–Trinajstić information content (AvgIpc) is 2.89. The van der Waals surface area contributed by atoms with Crippen LogP contribution in [0.4, 0.5) is 14.9 Å². The lowest BCUT2D eigenvalue weighted by atomic mass is 10.0. The van der Waals surface area contributed by atoms with Crippen LogP contribution in [0.1, 0.15) is 26.3 Å². The molecule has 144 valence electrons. The molecule has 0 aliphatic carbocycles. The van der Waals surface area contributed by atoms with Crippen LogP contribution in [0.25, 0.3) is 0 Å². The molecule has 1 atom stereocenters. The highest BCUT2D eigenvalue weighted by Crippen LogP contribution is 2.23. The van der Waals surface area contributed by atoms with E-state index >= 15 is 0 Å². The summed E-state index contributed by atoms with van der Waals surface area (Å²) in [7, 11) is 0. The van der Waals surface area contributed by atoms with Gasteiger partial charge >= 0.3 is 6.09 Å². The van der Waals surface area contributed by atoms with Gasteiger partial charge in [0.25, 0.3) is 11.8 Å². The Kier molecular flexibility index (Phi) is 5.35. The second-order valence-corrected chi connectivity index (χ2v) is 6.19. The van der Waals surface area contributed by atoms with Crippen LogP contribution in [0, 0.1) is 5.82 Å². The number of anilines is 1. The highest BCUT2D eigenvalue weighted by atomic mass is 19.1.